The van der Waals surface area contributed by atoms with Crippen LogP contribution in [0.3, 0.4) is 0 Å². The average Bonchev–Trinajstić information content (AvgIpc) is 2.71. The highest BCUT2D eigenvalue weighted by molar-refractivity contribution is 7.89. The summed E-state index contributed by atoms with van der Waals surface area (Å²) >= 11 is 0. The van der Waals surface area contributed by atoms with Crippen LogP contribution in [-0.4, -0.2) is 53.1 Å². The average molecular weight is 450 g/mol. The maximum Gasteiger partial charge on any atom is 0.264 e. The quantitative estimate of drug-likeness (QED) is 0.512. The first-order valence-electron chi connectivity index (χ1n) is 9.83. The van der Waals surface area contributed by atoms with Gasteiger partial charge in [-0.2, -0.15) is 4.31 Å². The molecule has 2 N–H and O–H groups in total. The van der Waals surface area contributed by atoms with Gasteiger partial charge in [-0.3, -0.25) is 15.0 Å². The van der Waals surface area contributed by atoms with Gasteiger partial charge in [-0.1, -0.05) is 6.07 Å². The zero-order chi connectivity index (χ0) is 22.8. The number of carbonyl (C=O) groups excluding carboxylic acids is 1. The normalized spacial score (nSPS) is 21.5. The number of pyridine rings is 1. The summed E-state index contributed by atoms with van der Waals surface area (Å²) in [6.45, 7) is 7.12. The van der Waals surface area contributed by atoms with Gasteiger partial charge in [0.1, 0.15) is 18.4 Å². The minimum absolute atomic E-state index is 0.0121. The molecule has 1 aliphatic rings. The van der Waals surface area contributed by atoms with Crippen molar-refractivity contribution in [1.82, 2.24) is 14.8 Å². The topological polar surface area (TPSA) is 118 Å². The molecular formula is C21H27N3O6S. The van der Waals surface area contributed by atoms with E-state index in [1.54, 1.807) is 44.6 Å². The smallest absolute Gasteiger partial charge is 0.264 e. The third-order valence-corrected chi connectivity index (χ3v) is 7.03. The van der Waals surface area contributed by atoms with Gasteiger partial charge in [0.15, 0.2) is 0 Å². The fraction of sp³-hybridized carbons (Fsp3) is 0.429. The number of hydroxylamine groups is 1. The van der Waals surface area contributed by atoms with Crippen molar-refractivity contribution in [2.75, 3.05) is 6.54 Å². The van der Waals surface area contributed by atoms with Crippen LogP contribution in [0.4, 0.5) is 0 Å². The zero-order valence-corrected chi connectivity index (χ0v) is 18.7. The molecule has 168 valence electrons. The van der Waals surface area contributed by atoms with E-state index in [4.69, 9.17) is 14.7 Å². The van der Waals surface area contributed by atoms with E-state index < -0.39 is 33.7 Å². The highest BCUT2D eigenvalue weighted by Gasteiger charge is 2.50. The molecule has 1 aromatic carbocycles. The minimum Gasteiger partial charge on any atom is -0.489 e. The number of morpholine rings is 1. The molecule has 2 aromatic rings. The molecule has 1 aromatic heterocycles. The Hall–Kier alpha value is -2.53. The Bertz CT molecular complexity index is 1040. The van der Waals surface area contributed by atoms with Crippen molar-refractivity contribution < 1.29 is 27.9 Å². The lowest BCUT2D eigenvalue weighted by Gasteiger charge is -2.46. The number of nitrogens with zero attached hydrogens (tertiary/aromatic N) is 2. The number of nitrogens with one attached hydrogen (secondary N) is 1. The van der Waals surface area contributed by atoms with Crippen LogP contribution in [0, 0.1) is 6.92 Å². The van der Waals surface area contributed by atoms with Gasteiger partial charge in [0, 0.05) is 24.0 Å². The van der Waals surface area contributed by atoms with Gasteiger partial charge in [-0.15, -0.1) is 0 Å². The second kappa shape index (κ2) is 8.91. The van der Waals surface area contributed by atoms with E-state index in [1.165, 1.54) is 12.1 Å². The van der Waals surface area contributed by atoms with Crippen LogP contribution in [-0.2, 0) is 26.2 Å². The minimum atomic E-state index is -4.05. The third-order valence-electron chi connectivity index (χ3n) is 5.19. The van der Waals surface area contributed by atoms with Crippen LogP contribution < -0.4 is 10.2 Å². The first-order valence-corrected chi connectivity index (χ1v) is 11.3. The van der Waals surface area contributed by atoms with Crippen molar-refractivity contribution in [3.8, 4) is 5.75 Å². The van der Waals surface area contributed by atoms with Crippen LogP contribution in [0.25, 0.3) is 0 Å². The summed E-state index contributed by atoms with van der Waals surface area (Å²) in [5.41, 5.74) is 2.21. The molecule has 0 spiro atoms. The number of hydrogen-bond acceptors (Lipinski definition) is 7. The van der Waals surface area contributed by atoms with E-state index in [2.05, 4.69) is 4.98 Å². The van der Waals surface area contributed by atoms with Gasteiger partial charge in [0.25, 0.3) is 5.91 Å². The number of aromatic nitrogens is 1. The Morgan fingerprint density at radius 1 is 1.32 bits per heavy atom. The predicted molar refractivity (Wildman–Crippen MR) is 112 cm³/mol. The Kier molecular flexibility index (Phi) is 6.65. The predicted octanol–water partition coefficient (Wildman–Crippen LogP) is 2.03. The number of ether oxygens (including phenoxy) is 2. The summed E-state index contributed by atoms with van der Waals surface area (Å²) in [4.78, 5) is 16.5. The lowest BCUT2D eigenvalue weighted by Crippen LogP contribution is -2.65. The van der Waals surface area contributed by atoms with Crippen LogP contribution in [0.2, 0.25) is 0 Å². The molecule has 3 rings (SSSR count). The van der Waals surface area contributed by atoms with Crippen molar-refractivity contribution in [2.45, 2.75) is 56.9 Å². The SMILES string of the molecule is Cc1ncccc1COc1ccc(S(=O)(=O)N2CC(C)OC(C)(C)C2C(=O)NO)cc1. The summed E-state index contributed by atoms with van der Waals surface area (Å²) in [5.74, 6) is -0.352. The summed E-state index contributed by atoms with van der Waals surface area (Å²) in [6, 6.07) is 8.50. The van der Waals surface area contributed by atoms with E-state index in [1.807, 2.05) is 19.1 Å². The number of aryl methyl sites for hydroxylation is 1. The lowest BCUT2D eigenvalue weighted by molar-refractivity contribution is -0.167. The molecule has 31 heavy (non-hydrogen) atoms. The highest BCUT2D eigenvalue weighted by Crippen LogP contribution is 2.33. The second-order valence-corrected chi connectivity index (χ2v) is 9.88. The van der Waals surface area contributed by atoms with Crippen molar-refractivity contribution >= 4 is 15.9 Å². The number of rotatable bonds is 6. The van der Waals surface area contributed by atoms with Gasteiger partial charge in [-0.25, -0.2) is 13.9 Å². The maximum absolute atomic E-state index is 13.3. The van der Waals surface area contributed by atoms with Gasteiger partial charge >= 0.3 is 0 Å². The van der Waals surface area contributed by atoms with Gasteiger partial charge in [0.05, 0.1) is 16.6 Å². The fourth-order valence-corrected chi connectivity index (χ4v) is 5.53. The first kappa shape index (κ1) is 23.1. The summed E-state index contributed by atoms with van der Waals surface area (Å²) in [6.07, 6.45) is 1.27. The van der Waals surface area contributed by atoms with E-state index in [9.17, 15) is 13.2 Å². The van der Waals surface area contributed by atoms with Crippen LogP contribution in [0.15, 0.2) is 47.5 Å². The number of sulfonamides is 1. The Morgan fingerprint density at radius 2 is 2.00 bits per heavy atom. The van der Waals surface area contributed by atoms with Crippen molar-refractivity contribution in [3.05, 3.63) is 53.9 Å². The molecule has 1 saturated heterocycles. The Morgan fingerprint density at radius 3 is 2.61 bits per heavy atom. The lowest BCUT2D eigenvalue weighted by atomic mass is 9.95. The molecule has 1 aliphatic heterocycles. The highest BCUT2D eigenvalue weighted by atomic mass is 32.2. The molecule has 0 bridgehead atoms. The van der Waals surface area contributed by atoms with E-state index in [0.717, 1.165) is 15.6 Å². The monoisotopic (exact) mass is 449 g/mol. The van der Waals surface area contributed by atoms with Crippen molar-refractivity contribution in [1.29, 1.82) is 0 Å². The number of carbonyl (C=O) groups is 1. The van der Waals surface area contributed by atoms with Crippen LogP contribution in [0.1, 0.15) is 32.0 Å². The van der Waals surface area contributed by atoms with Crippen molar-refractivity contribution in [3.63, 3.8) is 0 Å². The van der Waals surface area contributed by atoms with Gasteiger partial charge in [0.2, 0.25) is 10.0 Å². The number of benzene rings is 1. The zero-order valence-electron chi connectivity index (χ0n) is 17.9. The van der Waals surface area contributed by atoms with Gasteiger partial charge < -0.3 is 9.47 Å². The Labute approximate surface area is 182 Å². The summed E-state index contributed by atoms with van der Waals surface area (Å²) in [5, 5.41) is 9.15. The fourth-order valence-electron chi connectivity index (χ4n) is 3.74. The van der Waals surface area contributed by atoms with Crippen LogP contribution >= 0.6 is 0 Å². The molecule has 9 nitrogen and oxygen atoms in total. The molecule has 2 atom stereocenters. The molecule has 10 heteroatoms. The molecule has 0 aliphatic carbocycles. The standard InChI is InChI=1S/C21H27N3O6S/c1-14-12-24(19(20(25)23-26)21(3,4)30-14)31(27,28)18-9-7-17(8-10-18)29-13-16-6-5-11-22-15(16)2/h5-11,14,19,26H,12-13H2,1-4H3,(H,23,25). The molecular weight excluding hydrogens is 422 g/mol. The largest absolute Gasteiger partial charge is 0.489 e. The molecule has 2 heterocycles. The van der Waals surface area contributed by atoms with Crippen LogP contribution in [0.5, 0.6) is 5.75 Å². The summed E-state index contributed by atoms with van der Waals surface area (Å²) < 4.78 is 39.3. The van der Waals surface area contributed by atoms with E-state index in [-0.39, 0.29) is 11.4 Å². The third kappa shape index (κ3) is 4.87. The molecule has 1 amide bonds. The van der Waals surface area contributed by atoms with Gasteiger partial charge in [-0.05, 0) is 58.0 Å². The molecule has 0 radical (unpaired) electrons. The van der Waals surface area contributed by atoms with E-state index >= 15 is 0 Å². The summed E-state index contributed by atoms with van der Waals surface area (Å²) in [7, 11) is -4.05. The number of hydrogen-bond donors (Lipinski definition) is 2. The Balaban J connectivity index is 1.83. The first-order chi connectivity index (χ1) is 14.6. The van der Waals surface area contributed by atoms with Crippen molar-refractivity contribution in [2.24, 2.45) is 0 Å². The van der Waals surface area contributed by atoms with E-state index in [0.29, 0.717) is 12.4 Å². The molecule has 1 fully saturated rings. The maximum atomic E-state index is 13.3. The molecule has 0 saturated carbocycles. The number of amides is 1. The molecule has 2 unspecified atom stereocenters. The second-order valence-electron chi connectivity index (χ2n) is 7.99.